The maximum atomic E-state index is 6.14. The third-order valence-electron chi connectivity index (χ3n) is 2.77. The predicted octanol–water partition coefficient (Wildman–Crippen LogP) is 3.31. The summed E-state index contributed by atoms with van der Waals surface area (Å²) >= 11 is 3.20. The van der Waals surface area contributed by atoms with Gasteiger partial charge in [-0.05, 0) is 5.92 Å². The van der Waals surface area contributed by atoms with Crippen molar-refractivity contribution in [1.29, 1.82) is 0 Å². The van der Waals surface area contributed by atoms with Crippen molar-refractivity contribution in [2.75, 3.05) is 0 Å². The molecule has 2 N–H and O–H groups in total. The fourth-order valence-electron chi connectivity index (χ4n) is 1.42. The maximum Gasteiger partial charge on any atom is 0.143 e. The van der Waals surface area contributed by atoms with Crippen LogP contribution in [-0.2, 0) is 0 Å². The van der Waals surface area contributed by atoms with Gasteiger partial charge in [-0.25, -0.2) is 9.97 Å². The molecule has 2 unspecified atom stereocenters. The number of hydrogen-bond acceptors (Lipinski definition) is 5. The van der Waals surface area contributed by atoms with Crippen molar-refractivity contribution in [3.05, 3.63) is 22.0 Å². The second-order valence-electron chi connectivity index (χ2n) is 3.86. The van der Waals surface area contributed by atoms with Crippen molar-refractivity contribution >= 4 is 22.7 Å². The first-order chi connectivity index (χ1) is 7.72. The first kappa shape index (κ1) is 11.7. The second kappa shape index (κ2) is 5.03. The largest absolute Gasteiger partial charge is 0.322 e. The van der Waals surface area contributed by atoms with Crippen LogP contribution in [0.3, 0.4) is 0 Å². The van der Waals surface area contributed by atoms with Gasteiger partial charge in [0.05, 0.1) is 17.2 Å². The molecule has 2 heterocycles. The summed E-state index contributed by atoms with van der Waals surface area (Å²) in [5, 5.41) is 5.03. The lowest BCUT2D eigenvalue weighted by Crippen LogP contribution is -2.18. The van der Waals surface area contributed by atoms with E-state index in [2.05, 4.69) is 23.8 Å². The van der Waals surface area contributed by atoms with E-state index in [1.807, 2.05) is 16.3 Å². The van der Waals surface area contributed by atoms with Gasteiger partial charge in [0.1, 0.15) is 10.7 Å². The van der Waals surface area contributed by atoms with Crippen molar-refractivity contribution in [2.45, 2.75) is 26.3 Å². The van der Waals surface area contributed by atoms with Gasteiger partial charge < -0.3 is 5.73 Å². The second-order valence-corrected chi connectivity index (χ2v) is 5.44. The number of nitrogens with two attached hydrogens (primary N) is 1. The smallest absolute Gasteiger partial charge is 0.143 e. The van der Waals surface area contributed by atoms with Gasteiger partial charge in [0.2, 0.25) is 0 Å². The highest BCUT2D eigenvalue weighted by atomic mass is 32.1. The maximum absolute atomic E-state index is 6.14. The fraction of sp³-hybridized carbons (Fsp3) is 0.455. The van der Waals surface area contributed by atoms with E-state index >= 15 is 0 Å². The van der Waals surface area contributed by atoms with E-state index in [9.17, 15) is 0 Å². The number of hydrogen-bond donors (Lipinski definition) is 1. The van der Waals surface area contributed by atoms with Gasteiger partial charge in [-0.3, -0.25) is 0 Å². The molecule has 2 aromatic heterocycles. The molecule has 0 radical (unpaired) electrons. The molecule has 2 aromatic rings. The van der Waals surface area contributed by atoms with E-state index in [1.54, 1.807) is 22.7 Å². The molecule has 0 aliphatic rings. The Bertz CT molecular complexity index is 436. The Morgan fingerprint density at radius 1 is 1.44 bits per heavy atom. The quantitative estimate of drug-likeness (QED) is 0.909. The summed E-state index contributed by atoms with van der Waals surface area (Å²) in [5.41, 5.74) is 9.91. The molecule has 16 heavy (non-hydrogen) atoms. The van der Waals surface area contributed by atoms with E-state index in [1.165, 1.54) is 0 Å². The Morgan fingerprint density at radius 3 is 2.88 bits per heavy atom. The van der Waals surface area contributed by atoms with Crippen LogP contribution in [0.5, 0.6) is 0 Å². The summed E-state index contributed by atoms with van der Waals surface area (Å²) in [6.45, 7) is 4.31. The van der Waals surface area contributed by atoms with Gasteiger partial charge in [-0.2, -0.15) is 0 Å². The zero-order valence-electron chi connectivity index (χ0n) is 9.38. The minimum atomic E-state index is 0.0358. The van der Waals surface area contributed by atoms with Crippen molar-refractivity contribution in [2.24, 2.45) is 11.7 Å². The van der Waals surface area contributed by atoms with Gasteiger partial charge in [-0.15, -0.1) is 22.7 Å². The SMILES string of the molecule is CCC(C)C(N)c1csc(-c2cscn2)n1. The average Bonchev–Trinajstić information content (AvgIpc) is 2.96. The molecule has 2 atom stereocenters. The fourth-order valence-corrected chi connectivity index (χ4v) is 2.86. The van der Waals surface area contributed by atoms with E-state index in [0.717, 1.165) is 22.8 Å². The van der Waals surface area contributed by atoms with Crippen LogP contribution in [0.2, 0.25) is 0 Å². The van der Waals surface area contributed by atoms with Gasteiger partial charge >= 0.3 is 0 Å². The molecule has 86 valence electrons. The number of rotatable bonds is 4. The van der Waals surface area contributed by atoms with Gasteiger partial charge in [0, 0.05) is 10.8 Å². The van der Waals surface area contributed by atoms with Crippen LogP contribution < -0.4 is 5.73 Å². The van der Waals surface area contributed by atoms with Crippen LogP contribution in [0, 0.1) is 5.92 Å². The lowest BCUT2D eigenvalue weighted by atomic mass is 9.98. The van der Waals surface area contributed by atoms with Crippen LogP contribution in [0.4, 0.5) is 0 Å². The lowest BCUT2D eigenvalue weighted by Gasteiger charge is -2.15. The Balaban J connectivity index is 2.20. The standard InChI is InChI=1S/C11H15N3S2/c1-3-7(2)10(12)8-5-16-11(14-8)9-4-15-6-13-9/h4-7,10H,3,12H2,1-2H3. The van der Waals surface area contributed by atoms with E-state index in [0.29, 0.717) is 5.92 Å². The lowest BCUT2D eigenvalue weighted by molar-refractivity contribution is 0.450. The van der Waals surface area contributed by atoms with Crippen LogP contribution >= 0.6 is 22.7 Å². The molecule has 3 nitrogen and oxygen atoms in total. The Labute approximate surface area is 103 Å². The molecule has 0 aliphatic carbocycles. The molecular weight excluding hydrogens is 238 g/mol. The number of aromatic nitrogens is 2. The first-order valence-corrected chi connectivity index (χ1v) is 7.14. The van der Waals surface area contributed by atoms with Crippen molar-refractivity contribution in [1.82, 2.24) is 9.97 Å². The highest BCUT2D eigenvalue weighted by Gasteiger charge is 2.17. The summed E-state index contributed by atoms with van der Waals surface area (Å²) in [6.07, 6.45) is 1.07. The minimum Gasteiger partial charge on any atom is -0.322 e. The summed E-state index contributed by atoms with van der Waals surface area (Å²) < 4.78 is 0. The van der Waals surface area contributed by atoms with E-state index in [-0.39, 0.29) is 6.04 Å². The molecule has 0 amide bonds. The zero-order chi connectivity index (χ0) is 11.5. The minimum absolute atomic E-state index is 0.0358. The Morgan fingerprint density at radius 2 is 2.25 bits per heavy atom. The number of nitrogens with zero attached hydrogens (tertiary/aromatic N) is 2. The molecule has 0 saturated heterocycles. The summed E-state index contributed by atoms with van der Waals surface area (Å²) in [6, 6.07) is 0.0358. The van der Waals surface area contributed by atoms with E-state index in [4.69, 9.17) is 5.73 Å². The van der Waals surface area contributed by atoms with Crippen LogP contribution in [0.15, 0.2) is 16.3 Å². The average molecular weight is 253 g/mol. The third kappa shape index (κ3) is 2.31. The molecule has 0 aliphatic heterocycles. The molecule has 0 aromatic carbocycles. The van der Waals surface area contributed by atoms with Gasteiger partial charge in [0.15, 0.2) is 0 Å². The molecule has 0 saturated carbocycles. The van der Waals surface area contributed by atoms with Crippen LogP contribution in [0.25, 0.3) is 10.7 Å². The Kier molecular flexibility index (Phi) is 3.68. The first-order valence-electron chi connectivity index (χ1n) is 5.32. The highest BCUT2D eigenvalue weighted by Crippen LogP contribution is 2.28. The topological polar surface area (TPSA) is 51.8 Å². The highest BCUT2D eigenvalue weighted by molar-refractivity contribution is 7.13. The van der Waals surface area contributed by atoms with Gasteiger partial charge in [-0.1, -0.05) is 20.3 Å². The van der Waals surface area contributed by atoms with Crippen LogP contribution in [0.1, 0.15) is 32.0 Å². The van der Waals surface area contributed by atoms with Crippen molar-refractivity contribution in [3.63, 3.8) is 0 Å². The molecule has 5 heteroatoms. The molecule has 0 spiro atoms. The monoisotopic (exact) mass is 253 g/mol. The molecule has 0 bridgehead atoms. The van der Waals surface area contributed by atoms with E-state index < -0.39 is 0 Å². The van der Waals surface area contributed by atoms with Gasteiger partial charge in [0.25, 0.3) is 0 Å². The normalized spacial score (nSPS) is 14.9. The van der Waals surface area contributed by atoms with Crippen molar-refractivity contribution < 1.29 is 0 Å². The number of thiazole rings is 2. The Hall–Kier alpha value is -0.780. The molecule has 0 fully saturated rings. The predicted molar refractivity (Wildman–Crippen MR) is 69.6 cm³/mol. The third-order valence-corrected chi connectivity index (χ3v) is 4.24. The molecular formula is C11H15N3S2. The zero-order valence-corrected chi connectivity index (χ0v) is 11.0. The van der Waals surface area contributed by atoms with Crippen molar-refractivity contribution in [3.8, 4) is 10.7 Å². The summed E-state index contributed by atoms with van der Waals surface area (Å²) in [7, 11) is 0. The van der Waals surface area contributed by atoms with Crippen LogP contribution in [-0.4, -0.2) is 9.97 Å². The summed E-state index contributed by atoms with van der Waals surface area (Å²) in [5.74, 6) is 0.463. The summed E-state index contributed by atoms with van der Waals surface area (Å²) in [4.78, 5) is 8.81. The molecule has 2 rings (SSSR count).